The number of halogens is 1. The highest BCUT2D eigenvalue weighted by Gasteiger charge is 2.21. The Labute approximate surface area is 135 Å². The van der Waals surface area contributed by atoms with E-state index in [4.69, 9.17) is 0 Å². The minimum Gasteiger partial charge on any atom is -0.371 e. The summed E-state index contributed by atoms with van der Waals surface area (Å²) in [7, 11) is 0. The quantitative estimate of drug-likeness (QED) is 0.855. The Morgan fingerprint density at radius 3 is 2.71 bits per heavy atom. The lowest BCUT2D eigenvalue weighted by Gasteiger charge is -2.35. The Balaban J connectivity index is 2.04. The number of carbonyl (C=O) groups is 1. The van der Waals surface area contributed by atoms with Crippen molar-refractivity contribution in [1.82, 2.24) is 10.6 Å². The van der Waals surface area contributed by atoms with Gasteiger partial charge < -0.3 is 15.5 Å². The Morgan fingerprint density at radius 1 is 1.38 bits per heavy atom. The molecule has 5 heteroatoms. The van der Waals surface area contributed by atoms with E-state index in [0.717, 1.165) is 43.5 Å². The molecule has 1 aromatic rings. The average Bonchev–Trinajstić information content (AvgIpc) is 2.46. The van der Waals surface area contributed by atoms with Gasteiger partial charge in [-0.15, -0.1) is 0 Å². The van der Waals surface area contributed by atoms with Gasteiger partial charge in [-0.3, -0.25) is 4.79 Å². The number of amides is 1. The van der Waals surface area contributed by atoms with Gasteiger partial charge in [0.25, 0.3) is 0 Å². The Bertz CT molecular complexity index is 484. The van der Waals surface area contributed by atoms with Crippen LogP contribution in [0.15, 0.2) is 22.7 Å². The van der Waals surface area contributed by atoms with Gasteiger partial charge in [-0.1, -0.05) is 28.9 Å². The first-order chi connectivity index (χ1) is 10.1. The van der Waals surface area contributed by atoms with Crippen LogP contribution in [0.4, 0.5) is 5.69 Å². The summed E-state index contributed by atoms with van der Waals surface area (Å²) in [6, 6.07) is 6.80. The molecule has 1 aliphatic rings. The van der Waals surface area contributed by atoms with E-state index in [9.17, 15) is 4.79 Å². The van der Waals surface area contributed by atoms with E-state index in [-0.39, 0.29) is 5.91 Å². The van der Waals surface area contributed by atoms with Crippen molar-refractivity contribution in [2.24, 2.45) is 0 Å². The molecule has 0 bridgehead atoms. The lowest BCUT2D eigenvalue weighted by atomic mass is 10.0. The lowest BCUT2D eigenvalue weighted by Crippen LogP contribution is -2.44. The van der Waals surface area contributed by atoms with E-state index in [1.165, 1.54) is 11.3 Å². The van der Waals surface area contributed by atoms with Crippen LogP contribution >= 0.6 is 15.9 Å². The molecule has 0 atom stereocenters. The van der Waals surface area contributed by atoms with Gasteiger partial charge in [0.05, 0.1) is 0 Å². The van der Waals surface area contributed by atoms with E-state index in [1.54, 1.807) is 6.92 Å². The Kier molecular flexibility index (Phi) is 6.06. The standard InChI is InChI=1S/C16H24BrN3O/c1-3-18-11-13-4-5-14(17)10-16(13)20-8-6-15(7-9-20)19-12(2)21/h4-5,10,15,18H,3,6-9,11H2,1-2H3,(H,19,21). The van der Waals surface area contributed by atoms with Gasteiger partial charge >= 0.3 is 0 Å². The fraction of sp³-hybridized carbons (Fsp3) is 0.562. The molecule has 0 spiro atoms. The normalized spacial score (nSPS) is 16.0. The first-order valence-electron chi connectivity index (χ1n) is 7.61. The number of carbonyl (C=O) groups excluding carboxylic acids is 1. The van der Waals surface area contributed by atoms with Gasteiger partial charge in [-0.05, 0) is 37.1 Å². The number of anilines is 1. The van der Waals surface area contributed by atoms with Crippen LogP contribution < -0.4 is 15.5 Å². The molecule has 0 saturated carbocycles. The molecular formula is C16H24BrN3O. The molecule has 2 rings (SSSR count). The van der Waals surface area contributed by atoms with Crippen LogP contribution in [0.2, 0.25) is 0 Å². The molecule has 21 heavy (non-hydrogen) atoms. The van der Waals surface area contributed by atoms with Gasteiger partial charge in [-0.25, -0.2) is 0 Å². The highest BCUT2D eigenvalue weighted by molar-refractivity contribution is 9.10. The van der Waals surface area contributed by atoms with Crippen LogP contribution in [0.5, 0.6) is 0 Å². The molecule has 0 aliphatic carbocycles. The van der Waals surface area contributed by atoms with Crippen molar-refractivity contribution in [2.45, 2.75) is 39.3 Å². The number of hydrogen-bond acceptors (Lipinski definition) is 3. The van der Waals surface area contributed by atoms with E-state index in [2.05, 4.69) is 56.6 Å². The van der Waals surface area contributed by atoms with E-state index in [1.807, 2.05) is 0 Å². The van der Waals surface area contributed by atoms with Crippen molar-refractivity contribution in [3.63, 3.8) is 0 Å². The SMILES string of the molecule is CCNCc1ccc(Br)cc1N1CCC(NC(C)=O)CC1. The Morgan fingerprint density at radius 2 is 2.10 bits per heavy atom. The summed E-state index contributed by atoms with van der Waals surface area (Å²) in [4.78, 5) is 13.6. The fourth-order valence-corrected chi connectivity index (χ4v) is 3.14. The van der Waals surface area contributed by atoms with Crippen LogP contribution in [0.1, 0.15) is 32.3 Å². The largest absolute Gasteiger partial charge is 0.371 e. The van der Waals surface area contributed by atoms with Crippen LogP contribution in [0, 0.1) is 0 Å². The maximum Gasteiger partial charge on any atom is 0.217 e. The molecule has 0 unspecified atom stereocenters. The first-order valence-corrected chi connectivity index (χ1v) is 8.40. The Hall–Kier alpha value is -1.07. The molecular weight excluding hydrogens is 330 g/mol. The monoisotopic (exact) mass is 353 g/mol. The van der Waals surface area contributed by atoms with Crippen LogP contribution in [0.25, 0.3) is 0 Å². The number of hydrogen-bond donors (Lipinski definition) is 2. The molecule has 4 nitrogen and oxygen atoms in total. The maximum atomic E-state index is 11.1. The third-order valence-corrected chi connectivity index (χ3v) is 4.35. The number of nitrogens with zero attached hydrogens (tertiary/aromatic N) is 1. The summed E-state index contributed by atoms with van der Waals surface area (Å²) >= 11 is 3.57. The zero-order valence-electron chi connectivity index (χ0n) is 12.8. The van der Waals surface area contributed by atoms with Crippen LogP contribution in [-0.2, 0) is 11.3 Å². The molecule has 1 saturated heterocycles. The minimum atomic E-state index is 0.0729. The summed E-state index contributed by atoms with van der Waals surface area (Å²) < 4.78 is 1.11. The zero-order chi connectivity index (χ0) is 15.2. The van der Waals surface area contributed by atoms with E-state index in [0.29, 0.717) is 6.04 Å². The summed E-state index contributed by atoms with van der Waals surface area (Å²) in [6.07, 6.45) is 2.01. The molecule has 1 amide bonds. The third kappa shape index (κ3) is 4.71. The van der Waals surface area contributed by atoms with Crippen molar-refractivity contribution in [3.05, 3.63) is 28.2 Å². The number of rotatable bonds is 5. The second-order valence-electron chi connectivity index (χ2n) is 5.52. The number of benzene rings is 1. The van der Waals surface area contributed by atoms with Gasteiger partial charge in [-0.2, -0.15) is 0 Å². The number of nitrogens with one attached hydrogen (secondary N) is 2. The molecule has 0 radical (unpaired) electrons. The van der Waals surface area contributed by atoms with Crippen molar-refractivity contribution in [2.75, 3.05) is 24.5 Å². The second-order valence-corrected chi connectivity index (χ2v) is 6.43. The highest BCUT2D eigenvalue weighted by Crippen LogP contribution is 2.28. The predicted molar refractivity (Wildman–Crippen MR) is 90.6 cm³/mol. The molecule has 1 fully saturated rings. The maximum absolute atomic E-state index is 11.1. The minimum absolute atomic E-state index is 0.0729. The molecule has 0 aromatic heterocycles. The van der Waals surface area contributed by atoms with Gasteiger partial charge in [0.15, 0.2) is 0 Å². The molecule has 2 N–H and O–H groups in total. The van der Waals surface area contributed by atoms with Crippen molar-refractivity contribution >= 4 is 27.5 Å². The van der Waals surface area contributed by atoms with E-state index >= 15 is 0 Å². The first kappa shape index (κ1) is 16.3. The second kappa shape index (κ2) is 7.80. The summed E-state index contributed by atoms with van der Waals surface area (Å²) in [5, 5.41) is 6.43. The third-order valence-electron chi connectivity index (χ3n) is 3.86. The average molecular weight is 354 g/mol. The van der Waals surface area contributed by atoms with Gasteiger partial charge in [0, 0.05) is 42.8 Å². The van der Waals surface area contributed by atoms with E-state index < -0.39 is 0 Å². The van der Waals surface area contributed by atoms with Gasteiger partial charge in [0.1, 0.15) is 0 Å². The lowest BCUT2D eigenvalue weighted by molar-refractivity contribution is -0.119. The molecule has 1 aliphatic heterocycles. The van der Waals surface area contributed by atoms with Crippen molar-refractivity contribution < 1.29 is 4.79 Å². The molecule has 116 valence electrons. The highest BCUT2D eigenvalue weighted by atomic mass is 79.9. The topological polar surface area (TPSA) is 44.4 Å². The fourth-order valence-electron chi connectivity index (χ4n) is 2.79. The summed E-state index contributed by atoms with van der Waals surface area (Å²) in [5.41, 5.74) is 2.63. The summed E-state index contributed by atoms with van der Waals surface area (Å²) in [6.45, 7) is 7.55. The predicted octanol–water partition coefficient (Wildman–Crippen LogP) is 2.66. The van der Waals surface area contributed by atoms with Gasteiger partial charge in [0.2, 0.25) is 5.91 Å². The number of piperidine rings is 1. The van der Waals surface area contributed by atoms with Crippen molar-refractivity contribution in [1.29, 1.82) is 0 Å². The zero-order valence-corrected chi connectivity index (χ0v) is 14.4. The van der Waals surface area contributed by atoms with Crippen LogP contribution in [-0.4, -0.2) is 31.6 Å². The van der Waals surface area contributed by atoms with Crippen molar-refractivity contribution in [3.8, 4) is 0 Å². The molecule has 1 aromatic carbocycles. The summed E-state index contributed by atoms with van der Waals surface area (Å²) in [5.74, 6) is 0.0729. The smallest absolute Gasteiger partial charge is 0.217 e. The molecule has 1 heterocycles. The van der Waals surface area contributed by atoms with Crippen LogP contribution in [0.3, 0.4) is 0 Å².